The van der Waals surface area contributed by atoms with Crippen LogP contribution in [0.4, 0.5) is 5.69 Å². The number of carbonyl (C=O) groups is 2. The third-order valence-electron chi connectivity index (χ3n) is 5.50. The summed E-state index contributed by atoms with van der Waals surface area (Å²) in [5.41, 5.74) is 2.99. The number of rotatable bonds is 6. The van der Waals surface area contributed by atoms with Crippen molar-refractivity contribution < 1.29 is 9.59 Å². The summed E-state index contributed by atoms with van der Waals surface area (Å²) < 4.78 is 0. The molecule has 4 rings (SSSR count). The summed E-state index contributed by atoms with van der Waals surface area (Å²) in [5, 5.41) is 8.02. The first-order valence-electron chi connectivity index (χ1n) is 11.0. The third kappa shape index (κ3) is 5.66. The number of fused-ring (bicyclic) bond motifs is 1. The normalized spacial score (nSPS) is 10.5. The molecule has 0 heterocycles. The second-order valence-corrected chi connectivity index (χ2v) is 8.42. The molecule has 4 aromatic rings. The Labute approximate surface area is 204 Å². The maximum Gasteiger partial charge on any atom is 0.256 e. The van der Waals surface area contributed by atoms with Crippen LogP contribution in [0.2, 0.25) is 0 Å². The van der Waals surface area contributed by atoms with Crippen LogP contribution >= 0.6 is 12.2 Å². The van der Waals surface area contributed by atoms with Crippen molar-refractivity contribution in [2.45, 2.75) is 13.0 Å². The maximum atomic E-state index is 13.1. The van der Waals surface area contributed by atoms with Crippen molar-refractivity contribution in [2.75, 3.05) is 12.4 Å². The fraction of sp³-hybridized carbons (Fsp3) is 0.107. The molecule has 0 saturated heterocycles. The molecule has 0 unspecified atom stereocenters. The average Bonchev–Trinajstić information content (AvgIpc) is 2.84. The molecule has 34 heavy (non-hydrogen) atoms. The predicted octanol–water partition coefficient (Wildman–Crippen LogP) is 5.17. The number of carbonyl (C=O) groups excluding carboxylic acids is 2. The molecule has 4 aromatic carbocycles. The lowest BCUT2D eigenvalue weighted by Crippen LogP contribution is -2.36. The van der Waals surface area contributed by atoms with E-state index in [4.69, 9.17) is 12.2 Å². The number of para-hydroxylation sites is 1. The number of thiocarbonyl (C=S) groups is 1. The standard InChI is InChI=1S/C28H25N3O2S/c1-31(19-20-10-3-2-4-11-20)27(33)24-16-7-8-17-25(24)29-28(34)30-26(32)18-22-14-9-13-21-12-5-6-15-23(21)22/h2-17H,18-19H2,1H3,(H2,29,30,32,34). The summed E-state index contributed by atoms with van der Waals surface area (Å²) in [6, 6.07) is 30.8. The lowest BCUT2D eigenvalue weighted by molar-refractivity contribution is -0.119. The molecule has 0 bridgehead atoms. The fourth-order valence-corrected chi connectivity index (χ4v) is 4.08. The van der Waals surface area contributed by atoms with E-state index in [2.05, 4.69) is 10.6 Å². The number of benzene rings is 4. The Bertz CT molecular complexity index is 1330. The van der Waals surface area contributed by atoms with Gasteiger partial charge in [-0.05, 0) is 46.2 Å². The minimum Gasteiger partial charge on any atom is -0.337 e. The Morgan fingerprint density at radius 2 is 1.50 bits per heavy atom. The molecule has 0 fully saturated rings. The highest BCUT2D eigenvalue weighted by atomic mass is 32.1. The van der Waals surface area contributed by atoms with E-state index in [0.717, 1.165) is 21.9 Å². The summed E-state index contributed by atoms with van der Waals surface area (Å²) in [4.78, 5) is 27.4. The van der Waals surface area contributed by atoms with Crippen molar-refractivity contribution in [3.8, 4) is 0 Å². The summed E-state index contributed by atoms with van der Waals surface area (Å²) >= 11 is 5.37. The first kappa shape index (κ1) is 23.1. The summed E-state index contributed by atoms with van der Waals surface area (Å²) in [7, 11) is 1.76. The largest absolute Gasteiger partial charge is 0.337 e. The van der Waals surface area contributed by atoms with Crippen molar-refractivity contribution in [3.63, 3.8) is 0 Å². The Kier molecular flexibility index (Phi) is 7.30. The lowest BCUT2D eigenvalue weighted by Gasteiger charge is -2.20. The van der Waals surface area contributed by atoms with Crippen LogP contribution in [0.5, 0.6) is 0 Å². The van der Waals surface area contributed by atoms with Crippen LogP contribution in [0, 0.1) is 0 Å². The van der Waals surface area contributed by atoms with Gasteiger partial charge < -0.3 is 15.5 Å². The second kappa shape index (κ2) is 10.7. The van der Waals surface area contributed by atoms with Gasteiger partial charge in [0.25, 0.3) is 5.91 Å². The topological polar surface area (TPSA) is 61.4 Å². The highest BCUT2D eigenvalue weighted by Gasteiger charge is 2.17. The highest BCUT2D eigenvalue weighted by molar-refractivity contribution is 7.80. The van der Waals surface area contributed by atoms with Crippen LogP contribution in [-0.2, 0) is 17.8 Å². The van der Waals surface area contributed by atoms with Gasteiger partial charge in [-0.15, -0.1) is 0 Å². The van der Waals surface area contributed by atoms with Gasteiger partial charge >= 0.3 is 0 Å². The van der Waals surface area contributed by atoms with Crippen molar-refractivity contribution in [2.24, 2.45) is 0 Å². The van der Waals surface area contributed by atoms with Crippen molar-refractivity contribution in [1.29, 1.82) is 0 Å². The number of amides is 2. The SMILES string of the molecule is CN(Cc1ccccc1)C(=O)c1ccccc1NC(=S)NC(=O)Cc1cccc2ccccc12. The predicted molar refractivity (Wildman–Crippen MR) is 141 cm³/mol. The van der Waals surface area contributed by atoms with Gasteiger partial charge in [-0.25, -0.2) is 0 Å². The van der Waals surface area contributed by atoms with Crippen LogP contribution in [0.1, 0.15) is 21.5 Å². The molecule has 0 atom stereocenters. The van der Waals surface area contributed by atoms with Crippen LogP contribution in [0.3, 0.4) is 0 Å². The molecule has 0 aliphatic rings. The number of nitrogens with one attached hydrogen (secondary N) is 2. The Morgan fingerprint density at radius 1 is 0.824 bits per heavy atom. The summed E-state index contributed by atoms with van der Waals surface area (Å²) in [5.74, 6) is -0.365. The van der Waals surface area contributed by atoms with E-state index in [-0.39, 0.29) is 23.3 Å². The smallest absolute Gasteiger partial charge is 0.256 e. The Balaban J connectivity index is 1.41. The fourth-order valence-electron chi connectivity index (χ4n) is 3.86. The summed E-state index contributed by atoms with van der Waals surface area (Å²) in [6.45, 7) is 0.486. The molecule has 6 heteroatoms. The molecule has 0 spiro atoms. The van der Waals surface area contributed by atoms with E-state index >= 15 is 0 Å². The van der Waals surface area contributed by atoms with Gasteiger partial charge in [-0.3, -0.25) is 9.59 Å². The van der Waals surface area contributed by atoms with E-state index in [1.165, 1.54) is 0 Å². The molecule has 0 aromatic heterocycles. The highest BCUT2D eigenvalue weighted by Crippen LogP contribution is 2.20. The van der Waals surface area contributed by atoms with Gasteiger partial charge in [-0.2, -0.15) is 0 Å². The molecule has 5 nitrogen and oxygen atoms in total. The van der Waals surface area contributed by atoms with Crippen molar-refractivity contribution >= 4 is 45.6 Å². The van der Waals surface area contributed by atoms with E-state index in [1.54, 1.807) is 30.1 Å². The van der Waals surface area contributed by atoms with E-state index < -0.39 is 0 Å². The zero-order valence-electron chi connectivity index (χ0n) is 18.8. The van der Waals surface area contributed by atoms with Gasteiger partial charge in [0.2, 0.25) is 5.91 Å². The Morgan fingerprint density at radius 3 is 2.32 bits per heavy atom. The van der Waals surface area contributed by atoms with Gasteiger partial charge in [0, 0.05) is 13.6 Å². The molecule has 170 valence electrons. The van der Waals surface area contributed by atoms with Crippen molar-refractivity contribution in [3.05, 3.63) is 114 Å². The number of anilines is 1. The van der Waals surface area contributed by atoms with E-state index in [1.807, 2.05) is 78.9 Å². The number of hydrogen-bond donors (Lipinski definition) is 2. The second-order valence-electron chi connectivity index (χ2n) is 8.01. The van der Waals surface area contributed by atoms with Crippen LogP contribution < -0.4 is 10.6 Å². The van der Waals surface area contributed by atoms with Crippen LogP contribution in [0.15, 0.2) is 97.1 Å². The molecular weight excluding hydrogens is 442 g/mol. The lowest BCUT2D eigenvalue weighted by atomic mass is 10.0. The first-order valence-corrected chi connectivity index (χ1v) is 11.4. The van der Waals surface area contributed by atoms with Gasteiger partial charge in [0.05, 0.1) is 17.7 Å². The molecule has 0 saturated carbocycles. The monoisotopic (exact) mass is 467 g/mol. The summed E-state index contributed by atoms with van der Waals surface area (Å²) in [6.07, 6.45) is 0.198. The first-order chi connectivity index (χ1) is 16.5. The van der Waals surface area contributed by atoms with Crippen molar-refractivity contribution in [1.82, 2.24) is 10.2 Å². The number of nitrogens with zero attached hydrogens (tertiary/aromatic N) is 1. The van der Waals surface area contributed by atoms with Crippen LogP contribution in [-0.4, -0.2) is 28.9 Å². The van der Waals surface area contributed by atoms with E-state index in [9.17, 15) is 9.59 Å². The molecule has 2 N–H and O–H groups in total. The minimum atomic E-state index is -0.223. The molecule has 0 radical (unpaired) electrons. The zero-order chi connectivity index (χ0) is 23.9. The molecule has 2 amide bonds. The average molecular weight is 468 g/mol. The van der Waals surface area contributed by atoms with Gasteiger partial charge in [0.1, 0.15) is 0 Å². The van der Waals surface area contributed by atoms with Gasteiger partial charge in [0.15, 0.2) is 5.11 Å². The third-order valence-corrected chi connectivity index (χ3v) is 5.70. The van der Waals surface area contributed by atoms with E-state index in [0.29, 0.717) is 17.8 Å². The maximum absolute atomic E-state index is 13.1. The van der Waals surface area contributed by atoms with Gasteiger partial charge in [-0.1, -0.05) is 84.9 Å². The zero-order valence-corrected chi connectivity index (χ0v) is 19.6. The molecule has 0 aliphatic heterocycles. The molecule has 0 aliphatic carbocycles. The number of hydrogen-bond acceptors (Lipinski definition) is 3. The minimum absolute atomic E-state index is 0.142. The quantitative estimate of drug-likeness (QED) is 0.384. The molecular formula is C28H25N3O2S. The van der Waals surface area contributed by atoms with Crippen LogP contribution in [0.25, 0.3) is 10.8 Å². The Hall–Kier alpha value is -4.03.